The van der Waals surface area contributed by atoms with E-state index in [2.05, 4.69) is 164 Å². The molecule has 0 saturated carbocycles. The van der Waals surface area contributed by atoms with Crippen molar-refractivity contribution in [1.82, 2.24) is 0 Å². The van der Waals surface area contributed by atoms with Crippen LogP contribution in [-0.2, 0) is 0 Å². The normalized spacial score (nSPS) is 13.2. The van der Waals surface area contributed by atoms with Crippen molar-refractivity contribution in [3.8, 4) is 56.6 Å². The molecule has 0 fully saturated rings. The van der Waals surface area contributed by atoms with Gasteiger partial charge < -0.3 is 0 Å². The molecule has 0 unspecified atom stereocenters. The van der Waals surface area contributed by atoms with Gasteiger partial charge in [-0.25, -0.2) is 0 Å². The number of hydrogen-bond donors (Lipinski definition) is 0. The summed E-state index contributed by atoms with van der Waals surface area (Å²) < 4.78 is 0. The zero-order valence-corrected chi connectivity index (χ0v) is 31.3. The highest BCUT2D eigenvalue weighted by molar-refractivity contribution is 5.83. The van der Waals surface area contributed by atoms with Gasteiger partial charge in [0.15, 0.2) is 0 Å². The number of rotatable bonds is 7. The van der Waals surface area contributed by atoms with E-state index in [1.54, 1.807) is 0 Å². The zero-order chi connectivity index (χ0) is 38.0. The summed E-state index contributed by atoms with van der Waals surface area (Å²) in [6.07, 6.45) is 18.0. The van der Waals surface area contributed by atoms with Gasteiger partial charge in [-0.05, 0) is 140 Å². The number of nitrogens with zero attached hydrogens (tertiary/aromatic N) is 2. The van der Waals surface area contributed by atoms with Crippen molar-refractivity contribution in [3.05, 3.63) is 210 Å². The molecule has 0 atom stereocenters. The summed E-state index contributed by atoms with van der Waals surface area (Å²) in [5.74, 6) is 0. The molecule has 0 radical (unpaired) electrons. The SMILES string of the molecule is CC.N#Cc1cc(C2=CC=C(c3ccccc3)CC2)cc(-c2ccc(-c3cccc(-c4cc(C#N)cc(-c5ccc(C6=CCC=CC=C6)cc5)c4)c3)cc2)c1. The highest BCUT2D eigenvalue weighted by Crippen LogP contribution is 2.36. The van der Waals surface area contributed by atoms with E-state index in [1.165, 1.54) is 27.8 Å². The molecule has 0 aliphatic heterocycles. The van der Waals surface area contributed by atoms with Crippen LogP contribution >= 0.6 is 0 Å². The minimum Gasteiger partial charge on any atom is -0.192 e. The van der Waals surface area contributed by atoms with Crippen molar-refractivity contribution in [1.29, 1.82) is 10.5 Å². The number of allylic oxidation sites excluding steroid dienone is 10. The smallest absolute Gasteiger partial charge is 0.0992 e. The average Bonchev–Trinajstić information content (AvgIpc) is 3.57. The van der Waals surface area contributed by atoms with Gasteiger partial charge in [0.25, 0.3) is 0 Å². The third-order valence-corrected chi connectivity index (χ3v) is 10.1. The molecule has 0 spiro atoms. The van der Waals surface area contributed by atoms with Crippen LogP contribution in [0.5, 0.6) is 0 Å². The second-order valence-electron chi connectivity index (χ2n) is 13.5. The first-order valence-electron chi connectivity index (χ1n) is 19.0. The van der Waals surface area contributed by atoms with Crippen molar-refractivity contribution in [2.45, 2.75) is 33.1 Å². The third-order valence-electron chi connectivity index (χ3n) is 10.1. The molecule has 6 aromatic rings. The highest BCUT2D eigenvalue weighted by Gasteiger charge is 2.13. The molecule has 2 aliphatic rings. The van der Waals surface area contributed by atoms with E-state index in [0.717, 1.165) is 69.3 Å². The first-order valence-corrected chi connectivity index (χ1v) is 19.0. The lowest BCUT2D eigenvalue weighted by atomic mass is 9.88. The Kier molecular flexibility index (Phi) is 11.4. The average molecular weight is 707 g/mol. The van der Waals surface area contributed by atoms with Gasteiger partial charge in [-0.1, -0.05) is 153 Å². The number of benzene rings is 6. The molecular weight excluding hydrogens is 665 g/mol. The maximum absolute atomic E-state index is 9.96. The Morgan fingerprint density at radius 2 is 0.873 bits per heavy atom. The summed E-state index contributed by atoms with van der Waals surface area (Å²) >= 11 is 0. The molecule has 0 bridgehead atoms. The van der Waals surface area contributed by atoms with Gasteiger partial charge in [-0.2, -0.15) is 10.5 Å². The Hall–Kier alpha value is -7.00. The van der Waals surface area contributed by atoms with Crippen molar-refractivity contribution >= 4 is 16.7 Å². The highest BCUT2D eigenvalue weighted by atomic mass is 14.3. The van der Waals surface area contributed by atoms with Crippen LogP contribution in [0.25, 0.3) is 61.2 Å². The van der Waals surface area contributed by atoms with Gasteiger partial charge in [-0.3, -0.25) is 0 Å². The summed E-state index contributed by atoms with van der Waals surface area (Å²) in [4.78, 5) is 0. The van der Waals surface area contributed by atoms with Crippen LogP contribution in [0.2, 0.25) is 0 Å². The second kappa shape index (κ2) is 17.2. The summed E-state index contributed by atoms with van der Waals surface area (Å²) in [7, 11) is 0. The summed E-state index contributed by atoms with van der Waals surface area (Å²) in [6, 6.07) is 53.2. The first kappa shape index (κ1) is 36.4. The molecule has 0 aromatic heterocycles. The molecule has 0 N–H and O–H groups in total. The minimum atomic E-state index is 0.632. The van der Waals surface area contributed by atoms with Crippen molar-refractivity contribution in [2.75, 3.05) is 0 Å². The van der Waals surface area contributed by atoms with E-state index in [-0.39, 0.29) is 0 Å². The molecule has 264 valence electrons. The minimum absolute atomic E-state index is 0.632. The van der Waals surface area contributed by atoms with Crippen LogP contribution in [0, 0.1) is 22.7 Å². The zero-order valence-electron chi connectivity index (χ0n) is 31.3. The number of hydrogen-bond acceptors (Lipinski definition) is 2. The van der Waals surface area contributed by atoms with Gasteiger partial charge in [0.05, 0.1) is 23.3 Å². The summed E-state index contributed by atoms with van der Waals surface area (Å²) in [6.45, 7) is 4.00. The van der Waals surface area contributed by atoms with Gasteiger partial charge >= 0.3 is 0 Å². The molecule has 6 aromatic carbocycles. The Bertz CT molecular complexity index is 2560. The number of nitriles is 2. The molecular formula is C53H42N2. The monoisotopic (exact) mass is 706 g/mol. The van der Waals surface area contributed by atoms with Gasteiger partial charge in [0.1, 0.15) is 0 Å². The van der Waals surface area contributed by atoms with Crippen LogP contribution in [0.15, 0.2) is 182 Å². The maximum Gasteiger partial charge on any atom is 0.0992 e. The van der Waals surface area contributed by atoms with Crippen LogP contribution in [0.4, 0.5) is 0 Å². The fourth-order valence-electron chi connectivity index (χ4n) is 7.22. The van der Waals surface area contributed by atoms with E-state index in [9.17, 15) is 10.5 Å². The predicted molar refractivity (Wildman–Crippen MR) is 231 cm³/mol. The van der Waals surface area contributed by atoms with E-state index >= 15 is 0 Å². The van der Waals surface area contributed by atoms with E-state index in [1.807, 2.05) is 44.2 Å². The fraction of sp³-hybridized carbons (Fsp3) is 0.0943. The Morgan fingerprint density at radius 1 is 0.418 bits per heavy atom. The van der Waals surface area contributed by atoms with Gasteiger partial charge in [0, 0.05) is 0 Å². The Balaban J connectivity index is 0.00000229. The molecule has 0 heterocycles. The Labute approximate surface area is 325 Å². The van der Waals surface area contributed by atoms with Crippen molar-refractivity contribution < 1.29 is 0 Å². The molecule has 2 aliphatic carbocycles. The van der Waals surface area contributed by atoms with Gasteiger partial charge in [0.2, 0.25) is 0 Å². The lowest BCUT2D eigenvalue weighted by Gasteiger charge is -2.17. The molecule has 8 rings (SSSR count). The van der Waals surface area contributed by atoms with Crippen LogP contribution in [-0.4, -0.2) is 0 Å². The summed E-state index contributed by atoms with van der Waals surface area (Å²) in [5.41, 5.74) is 17.1. The standard InChI is InChI=1S/C51H36N2.C2H6/c52-34-36-27-48(43-21-15-41(16-22-43)39-11-6-3-7-12-39)32-49(28-36)45-25-19-42(20-26-45)46-13-8-14-47(31-46)51-30-37(35-53)29-50(33-51)44-23-17-40(18-24-44)38-9-4-1-2-5-10-38;1-2/h1-4,6-15,17-21,23-33H,5,16,22H2;1-2H3. The molecule has 2 heteroatoms. The first-order chi connectivity index (χ1) is 27.1. The predicted octanol–water partition coefficient (Wildman–Crippen LogP) is 14.3. The van der Waals surface area contributed by atoms with Crippen LogP contribution in [0.1, 0.15) is 60.9 Å². The van der Waals surface area contributed by atoms with E-state index < -0.39 is 0 Å². The molecule has 0 saturated heterocycles. The Morgan fingerprint density at radius 3 is 1.45 bits per heavy atom. The van der Waals surface area contributed by atoms with Gasteiger partial charge in [-0.15, -0.1) is 0 Å². The van der Waals surface area contributed by atoms with Crippen LogP contribution < -0.4 is 0 Å². The lowest BCUT2D eigenvalue weighted by Crippen LogP contribution is -1.95. The quantitative estimate of drug-likeness (QED) is 0.166. The maximum atomic E-state index is 9.96. The molecule has 0 amide bonds. The molecule has 55 heavy (non-hydrogen) atoms. The van der Waals surface area contributed by atoms with E-state index in [0.29, 0.717) is 11.1 Å². The van der Waals surface area contributed by atoms with E-state index in [4.69, 9.17) is 0 Å². The topological polar surface area (TPSA) is 47.6 Å². The third kappa shape index (κ3) is 8.47. The van der Waals surface area contributed by atoms with Crippen molar-refractivity contribution in [3.63, 3.8) is 0 Å². The molecule has 2 nitrogen and oxygen atoms in total. The lowest BCUT2D eigenvalue weighted by molar-refractivity contribution is 1.07. The van der Waals surface area contributed by atoms with Crippen LogP contribution in [0.3, 0.4) is 0 Å². The fourth-order valence-corrected chi connectivity index (χ4v) is 7.22. The summed E-state index contributed by atoms with van der Waals surface area (Å²) in [5, 5.41) is 19.9. The van der Waals surface area contributed by atoms with Crippen molar-refractivity contribution in [2.24, 2.45) is 0 Å². The second-order valence-corrected chi connectivity index (χ2v) is 13.5. The largest absolute Gasteiger partial charge is 0.192 e.